The Morgan fingerprint density at radius 3 is 2.52 bits per heavy atom. The number of ether oxygens (including phenoxy) is 1. The van der Waals surface area contributed by atoms with Crippen LogP contribution >= 0.6 is 11.8 Å². The summed E-state index contributed by atoms with van der Waals surface area (Å²) in [6, 6.07) is 10.8. The summed E-state index contributed by atoms with van der Waals surface area (Å²) >= 11 is 1.67. The highest BCUT2D eigenvalue weighted by atomic mass is 32.2. The van der Waals surface area contributed by atoms with Gasteiger partial charge >= 0.3 is 0 Å². The van der Waals surface area contributed by atoms with Crippen LogP contribution < -0.4 is 10.1 Å². The molecular weight excluding hydrogens is 439 g/mol. The van der Waals surface area contributed by atoms with Gasteiger partial charge < -0.3 is 10.1 Å². The van der Waals surface area contributed by atoms with Gasteiger partial charge in [0, 0.05) is 29.7 Å². The van der Waals surface area contributed by atoms with E-state index in [2.05, 4.69) is 5.32 Å². The fourth-order valence-electron chi connectivity index (χ4n) is 4.06. The minimum atomic E-state index is -3.61. The first kappa shape index (κ1) is 22.1. The molecular formula is C22H25FN2O4S2. The third kappa shape index (κ3) is 4.73. The number of sulfonamides is 1. The van der Waals surface area contributed by atoms with Gasteiger partial charge in [0.2, 0.25) is 15.9 Å². The van der Waals surface area contributed by atoms with Gasteiger partial charge in [0.05, 0.1) is 18.0 Å². The van der Waals surface area contributed by atoms with Gasteiger partial charge in [-0.25, -0.2) is 12.8 Å². The third-order valence-corrected chi connectivity index (χ3v) is 8.89. The highest BCUT2D eigenvalue weighted by Gasteiger charge is 2.33. The molecule has 0 aromatic heterocycles. The number of methoxy groups -OCH3 is 1. The Bertz CT molecular complexity index is 1050. The average molecular weight is 465 g/mol. The Labute approximate surface area is 186 Å². The Balaban J connectivity index is 1.38. The quantitative estimate of drug-likeness (QED) is 0.732. The van der Waals surface area contributed by atoms with Crippen molar-refractivity contribution < 1.29 is 22.3 Å². The van der Waals surface area contributed by atoms with Crippen LogP contribution in [0.5, 0.6) is 5.75 Å². The second-order valence-electron chi connectivity index (χ2n) is 7.73. The van der Waals surface area contributed by atoms with E-state index in [0.29, 0.717) is 18.6 Å². The zero-order valence-electron chi connectivity index (χ0n) is 17.2. The maximum Gasteiger partial charge on any atom is 0.243 e. The lowest BCUT2D eigenvalue weighted by molar-refractivity contribution is -0.126. The summed E-state index contributed by atoms with van der Waals surface area (Å²) in [7, 11) is -2.08. The van der Waals surface area contributed by atoms with Crippen molar-refractivity contribution in [1.82, 2.24) is 9.62 Å². The zero-order chi connectivity index (χ0) is 22.0. The van der Waals surface area contributed by atoms with Gasteiger partial charge in [-0.1, -0.05) is 0 Å². The number of hydrogen-bond donors (Lipinski definition) is 1. The third-order valence-electron chi connectivity index (χ3n) is 5.85. The van der Waals surface area contributed by atoms with Crippen LogP contribution in [0.1, 0.15) is 30.9 Å². The van der Waals surface area contributed by atoms with E-state index in [9.17, 15) is 17.6 Å². The lowest BCUT2D eigenvalue weighted by Gasteiger charge is -2.32. The predicted molar refractivity (Wildman–Crippen MR) is 117 cm³/mol. The van der Waals surface area contributed by atoms with E-state index in [1.54, 1.807) is 30.0 Å². The van der Waals surface area contributed by atoms with E-state index in [-0.39, 0.29) is 41.7 Å². The standard InChI is InChI=1S/C22H25FN2O4S2/c1-29-17-3-5-18(6-4-17)31(27,28)25-11-8-15(9-12-25)22(26)24-20-10-13-30-21-7-2-16(23)14-19(20)21/h2-7,14-15,20H,8-13H2,1H3,(H,24,26)/t20-/m0/s1. The SMILES string of the molecule is COc1ccc(S(=O)(=O)N2CCC(C(=O)N[C@H]3CCSc4ccc(F)cc43)CC2)cc1. The van der Waals surface area contributed by atoms with Crippen molar-refractivity contribution in [2.45, 2.75) is 35.1 Å². The number of piperidine rings is 1. The first-order valence-electron chi connectivity index (χ1n) is 10.3. The van der Waals surface area contributed by atoms with Crippen LogP contribution in [0.3, 0.4) is 0 Å². The van der Waals surface area contributed by atoms with Crippen LogP contribution in [0.15, 0.2) is 52.3 Å². The lowest BCUT2D eigenvalue weighted by atomic mass is 9.95. The van der Waals surface area contributed by atoms with Gasteiger partial charge in [0.15, 0.2) is 0 Å². The maximum absolute atomic E-state index is 13.7. The van der Waals surface area contributed by atoms with E-state index >= 15 is 0 Å². The number of carbonyl (C=O) groups is 1. The molecule has 0 aliphatic carbocycles. The molecule has 0 unspecified atom stereocenters. The molecule has 2 aliphatic rings. The van der Waals surface area contributed by atoms with Gasteiger partial charge in [-0.05, 0) is 67.3 Å². The van der Waals surface area contributed by atoms with E-state index in [4.69, 9.17) is 4.74 Å². The van der Waals surface area contributed by atoms with Crippen LogP contribution in [0.2, 0.25) is 0 Å². The summed E-state index contributed by atoms with van der Waals surface area (Å²) in [5.74, 6) is 0.805. The van der Waals surface area contributed by atoms with Crippen molar-refractivity contribution in [2.24, 2.45) is 5.92 Å². The van der Waals surface area contributed by atoms with Crippen molar-refractivity contribution in [1.29, 1.82) is 0 Å². The summed E-state index contributed by atoms with van der Waals surface area (Å²) in [5, 5.41) is 3.07. The molecule has 1 atom stereocenters. The number of amides is 1. The molecule has 4 rings (SSSR count). The van der Waals surface area contributed by atoms with E-state index in [0.717, 1.165) is 22.6 Å². The topological polar surface area (TPSA) is 75.7 Å². The van der Waals surface area contributed by atoms with Crippen molar-refractivity contribution >= 4 is 27.7 Å². The molecule has 2 aliphatic heterocycles. The summed E-state index contributed by atoms with van der Waals surface area (Å²) in [5.41, 5.74) is 0.823. The highest BCUT2D eigenvalue weighted by Crippen LogP contribution is 2.37. The molecule has 6 nitrogen and oxygen atoms in total. The number of hydrogen-bond acceptors (Lipinski definition) is 5. The number of thioether (sulfide) groups is 1. The van der Waals surface area contributed by atoms with Crippen molar-refractivity contribution in [3.05, 3.63) is 53.8 Å². The molecule has 2 heterocycles. The summed E-state index contributed by atoms with van der Waals surface area (Å²) in [6.45, 7) is 0.580. The maximum atomic E-state index is 13.7. The Kier molecular flexibility index (Phi) is 6.55. The second-order valence-corrected chi connectivity index (χ2v) is 10.8. The molecule has 9 heteroatoms. The number of rotatable bonds is 5. The number of carbonyl (C=O) groups excluding carboxylic acids is 1. The minimum absolute atomic E-state index is 0.0893. The average Bonchev–Trinajstić information content (AvgIpc) is 2.79. The van der Waals surface area contributed by atoms with Crippen molar-refractivity contribution in [3.63, 3.8) is 0 Å². The van der Waals surface area contributed by atoms with Gasteiger partial charge in [-0.2, -0.15) is 4.31 Å². The summed E-state index contributed by atoms with van der Waals surface area (Å²) in [6.07, 6.45) is 1.66. The molecule has 1 N–H and O–H groups in total. The first-order chi connectivity index (χ1) is 14.9. The molecule has 1 amide bonds. The zero-order valence-corrected chi connectivity index (χ0v) is 18.8. The number of fused-ring (bicyclic) bond motifs is 1. The van der Waals surface area contributed by atoms with Gasteiger partial charge in [0.1, 0.15) is 11.6 Å². The number of nitrogens with one attached hydrogen (secondary N) is 1. The van der Waals surface area contributed by atoms with Gasteiger partial charge in [-0.3, -0.25) is 4.79 Å². The van der Waals surface area contributed by atoms with Gasteiger partial charge in [0.25, 0.3) is 0 Å². The Morgan fingerprint density at radius 2 is 1.84 bits per heavy atom. The van der Waals surface area contributed by atoms with Crippen LogP contribution in [0, 0.1) is 11.7 Å². The number of halogens is 1. The molecule has 0 radical (unpaired) electrons. The molecule has 1 saturated heterocycles. The number of benzene rings is 2. The Hall–Kier alpha value is -2.10. The van der Waals surface area contributed by atoms with E-state index < -0.39 is 10.0 Å². The van der Waals surface area contributed by atoms with Crippen LogP contribution in [-0.4, -0.2) is 44.6 Å². The fourth-order valence-corrected chi connectivity index (χ4v) is 6.64. The molecule has 0 bridgehead atoms. The minimum Gasteiger partial charge on any atom is -0.497 e. The van der Waals surface area contributed by atoms with E-state index in [1.807, 2.05) is 0 Å². The molecule has 2 aromatic rings. The van der Waals surface area contributed by atoms with Crippen LogP contribution in [-0.2, 0) is 14.8 Å². The summed E-state index contributed by atoms with van der Waals surface area (Å²) < 4.78 is 46.0. The van der Waals surface area contributed by atoms with Gasteiger partial charge in [-0.15, -0.1) is 11.8 Å². The second kappa shape index (κ2) is 9.18. The molecule has 1 fully saturated rings. The van der Waals surface area contributed by atoms with E-state index in [1.165, 1.54) is 35.7 Å². The monoisotopic (exact) mass is 464 g/mol. The highest BCUT2D eigenvalue weighted by molar-refractivity contribution is 7.99. The van der Waals surface area contributed by atoms with Crippen LogP contribution in [0.25, 0.3) is 0 Å². The van der Waals surface area contributed by atoms with Crippen molar-refractivity contribution in [2.75, 3.05) is 26.0 Å². The molecule has 166 valence electrons. The molecule has 0 saturated carbocycles. The number of nitrogens with zero attached hydrogens (tertiary/aromatic N) is 1. The smallest absolute Gasteiger partial charge is 0.243 e. The molecule has 2 aromatic carbocycles. The Morgan fingerprint density at radius 1 is 1.13 bits per heavy atom. The van der Waals surface area contributed by atoms with Crippen LogP contribution in [0.4, 0.5) is 4.39 Å². The summed E-state index contributed by atoms with van der Waals surface area (Å²) in [4.78, 5) is 14.1. The lowest BCUT2D eigenvalue weighted by Crippen LogP contribution is -2.44. The normalized spacial score (nSPS) is 20.1. The molecule has 31 heavy (non-hydrogen) atoms. The predicted octanol–water partition coefficient (Wildman–Crippen LogP) is 3.59. The first-order valence-corrected chi connectivity index (χ1v) is 12.7. The largest absolute Gasteiger partial charge is 0.497 e. The van der Waals surface area contributed by atoms with Crippen molar-refractivity contribution in [3.8, 4) is 5.75 Å². The fraction of sp³-hybridized carbons (Fsp3) is 0.409. The molecule has 0 spiro atoms.